The highest BCUT2D eigenvalue weighted by Gasteiger charge is 2.06. The number of rotatable bonds is 4. The van der Waals surface area contributed by atoms with Gasteiger partial charge < -0.3 is 5.73 Å². The summed E-state index contributed by atoms with van der Waals surface area (Å²) in [7, 11) is 1.88. The van der Waals surface area contributed by atoms with E-state index in [-0.39, 0.29) is 11.7 Å². The van der Waals surface area contributed by atoms with E-state index in [1.807, 2.05) is 20.0 Å². The van der Waals surface area contributed by atoms with E-state index < -0.39 is 0 Å². The zero-order valence-electron chi connectivity index (χ0n) is 10.8. The molecule has 3 N–H and O–H groups in total. The number of benzene rings is 1. The summed E-state index contributed by atoms with van der Waals surface area (Å²) in [6.07, 6.45) is 0. The van der Waals surface area contributed by atoms with Crippen LogP contribution in [-0.4, -0.2) is 15.6 Å². The number of halogens is 1. The van der Waals surface area contributed by atoms with Crippen molar-refractivity contribution in [1.29, 1.82) is 5.41 Å². The van der Waals surface area contributed by atoms with Crippen molar-refractivity contribution in [2.24, 2.45) is 12.8 Å². The fraction of sp³-hybridized carbons (Fsp3) is 0.231. The Kier molecular flexibility index (Phi) is 3.90. The summed E-state index contributed by atoms with van der Waals surface area (Å²) < 4.78 is 15.2. The highest BCUT2D eigenvalue weighted by atomic mass is 32.2. The molecule has 6 heteroatoms. The molecule has 0 aliphatic carbocycles. The van der Waals surface area contributed by atoms with Gasteiger partial charge in [-0.25, -0.2) is 4.39 Å². The molecule has 1 aromatic heterocycles. The molecule has 0 atom stereocenters. The molecule has 100 valence electrons. The van der Waals surface area contributed by atoms with Crippen LogP contribution < -0.4 is 5.73 Å². The summed E-state index contributed by atoms with van der Waals surface area (Å²) in [6.45, 7) is 1.93. The van der Waals surface area contributed by atoms with Crippen molar-refractivity contribution < 1.29 is 4.39 Å². The van der Waals surface area contributed by atoms with Crippen LogP contribution in [-0.2, 0) is 12.8 Å². The number of nitrogen functional groups attached to an aromatic ring is 1. The van der Waals surface area contributed by atoms with Gasteiger partial charge in [0.2, 0.25) is 0 Å². The number of nitrogens with two attached hydrogens (primary N) is 1. The van der Waals surface area contributed by atoms with Crippen LogP contribution >= 0.6 is 11.8 Å². The summed E-state index contributed by atoms with van der Waals surface area (Å²) in [5, 5.41) is 12.6. The maximum Gasteiger partial charge on any atom is 0.124 e. The number of amidine groups is 1. The van der Waals surface area contributed by atoms with E-state index in [4.69, 9.17) is 11.1 Å². The second kappa shape index (κ2) is 5.44. The molecule has 0 radical (unpaired) electrons. The molecule has 0 saturated heterocycles. The van der Waals surface area contributed by atoms with Crippen LogP contribution in [0.4, 0.5) is 4.39 Å². The van der Waals surface area contributed by atoms with Crippen molar-refractivity contribution in [3.63, 3.8) is 0 Å². The van der Waals surface area contributed by atoms with E-state index in [0.29, 0.717) is 11.3 Å². The van der Waals surface area contributed by atoms with Crippen LogP contribution in [0.15, 0.2) is 29.3 Å². The predicted molar refractivity (Wildman–Crippen MR) is 74.9 cm³/mol. The van der Waals surface area contributed by atoms with E-state index in [1.54, 1.807) is 22.5 Å². The summed E-state index contributed by atoms with van der Waals surface area (Å²) in [5.41, 5.74) is 7.55. The second-order valence-corrected chi connectivity index (χ2v) is 5.29. The minimum atomic E-state index is -0.371. The van der Waals surface area contributed by atoms with Gasteiger partial charge in [-0.3, -0.25) is 10.1 Å². The topological polar surface area (TPSA) is 67.7 Å². The van der Waals surface area contributed by atoms with E-state index in [2.05, 4.69) is 5.10 Å². The van der Waals surface area contributed by atoms with E-state index >= 15 is 0 Å². The molecule has 0 saturated carbocycles. The molecule has 2 aromatic rings. The first kappa shape index (κ1) is 13.6. The van der Waals surface area contributed by atoms with Crippen LogP contribution in [0.5, 0.6) is 0 Å². The fourth-order valence-corrected chi connectivity index (χ4v) is 2.73. The van der Waals surface area contributed by atoms with E-state index in [1.165, 1.54) is 12.1 Å². The Hall–Kier alpha value is -1.82. The Balaban J connectivity index is 2.15. The molecular formula is C13H15FN4S. The lowest BCUT2D eigenvalue weighted by Gasteiger charge is -2.05. The van der Waals surface area contributed by atoms with Crippen LogP contribution in [0.3, 0.4) is 0 Å². The quantitative estimate of drug-likeness (QED) is 0.513. The van der Waals surface area contributed by atoms with Gasteiger partial charge in [-0.2, -0.15) is 5.10 Å². The third-order valence-electron chi connectivity index (χ3n) is 2.61. The molecule has 0 aliphatic heterocycles. The van der Waals surface area contributed by atoms with Gasteiger partial charge in [-0.15, -0.1) is 11.8 Å². The van der Waals surface area contributed by atoms with Crippen LogP contribution in [0.25, 0.3) is 0 Å². The zero-order chi connectivity index (χ0) is 14.0. The number of thioether (sulfide) groups is 1. The first-order chi connectivity index (χ1) is 8.95. The molecule has 19 heavy (non-hydrogen) atoms. The molecule has 2 rings (SSSR count). The van der Waals surface area contributed by atoms with Gasteiger partial charge >= 0.3 is 0 Å². The number of hydrogen-bond donors (Lipinski definition) is 2. The number of hydrogen-bond acceptors (Lipinski definition) is 3. The SMILES string of the molecule is Cc1cc(SCc2cc(F)cc(C(=N)N)c2)n(C)n1. The third-order valence-corrected chi connectivity index (χ3v) is 3.77. The van der Waals surface area contributed by atoms with Crippen molar-refractivity contribution in [1.82, 2.24) is 9.78 Å². The molecule has 0 unspecified atom stereocenters. The molecule has 0 amide bonds. The van der Waals surface area contributed by atoms with Gasteiger partial charge in [0.25, 0.3) is 0 Å². The van der Waals surface area contributed by atoms with Gasteiger partial charge in [-0.05, 0) is 36.8 Å². The molecule has 0 aliphatic rings. The van der Waals surface area contributed by atoms with Crippen molar-refractivity contribution in [2.45, 2.75) is 17.7 Å². The van der Waals surface area contributed by atoms with Gasteiger partial charge in [0.1, 0.15) is 11.7 Å². The fourth-order valence-electron chi connectivity index (χ4n) is 1.77. The largest absolute Gasteiger partial charge is 0.384 e. The van der Waals surface area contributed by atoms with Gasteiger partial charge in [0, 0.05) is 18.4 Å². The summed E-state index contributed by atoms with van der Waals surface area (Å²) >= 11 is 1.57. The summed E-state index contributed by atoms with van der Waals surface area (Å²) in [5.74, 6) is 0.114. The Morgan fingerprint density at radius 2 is 2.16 bits per heavy atom. The average molecular weight is 278 g/mol. The lowest BCUT2D eigenvalue weighted by Crippen LogP contribution is -2.11. The monoisotopic (exact) mass is 278 g/mol. The zero-order valence-corrected chi connectivity index (χ0v) is 11.6. The van der Waals surface area contributed by atoms with Crippen molar-refractivity contribution >= 4 is 17.6 Å². The number of aromatic nitrogens is 2. The number of aryl methyl sites for hydroxylation is 2. The minimum absolute atomic E-state index is 0.123. The molecule has 1 aromatic carbocycles. The van der Waals surface area contributed by atoms with Gasteiger partial charge in [0.05, 0.1) is 10.7 Å². The highest BCUT2D eigenvalue weighted by Crippen LogP contribution is 2.24. The van der Waals surface area contributed by atoms with Gasteiger partial charge in [-0.1, -0.05) is 0 Å². The van der Waals surface area contributed by atoms with Gasteiger partial charge in [0.15, 0.2) is 0 Å². The molecular weight excluding hydrogens is 263 g/mol. The molecule has 0 spiro atoms. The van der Waals surface area contributed by atoms with Crippen molar-refractivity contribution in [3.8, 4) is 0 Å². The van der Waals surface area contributed by atoms with E-state index in [9.17, 15) is 4.39 Å². The maximum atomic E-state index is 13.4. The predicted octanol–water partition coefficient (Wildman–Crippen LogP) is 2.44. The molecule has 4 nitrogen and oxygen atoms in total. The molecule has 0 bridgehead atoms. The maximum absolute atomic E-state index is 13.4. The number of nitrogens with one attached hydrogen (secondary N) is 1. The normalized spacial score (nSPS) is 10.7. The summed E-state index contributed by atoms with van der Waals surface area (Å²) in [4.78, 5) is 0. The molecule has 0 fully saturated rings. The average Bonchev–Trinajstić information content (AvgIpc) is 2.64. The van der Waals surface area contributed by atoms with Crippen LogP contribution in [0.1, 0.15) is 16.8 Å². The standard InChI is InChI=1S/C13H15FN4S/c1-8-3-12(18(2)17-8)19-7-9-4-10(13(15)16)6-11(14)5-9/h3-6H,7H2,1-2H3,(H3,15,16). The Bertz CT molecular complexity index is 621. The van der Waals surface area contributed by atoms with Crippen LogP contribution in [0, 0.1) is 18.2 Å². The number of nitrogens with zero attached hydrogens (tertiary/aromatic N) is 2. The molecule has 1 heterocycles. The highest BCUT2D eigenvalue weighted by molar-refractivity contribution is 7.98. The minimum Gasteiger partial charge on any atom is -0.384 e. The third kappa shape index (κ3) is 3.35. The Labute approximate surface area is 115 Å². The summed E-state index contributed by atoms with van der Waals surface area (Å²) in [6, 6.07) is 6.45. The van der Waals surface area contributed by atoms with Crippen molar-refractivity contribution in [2.75, 3.05) is 0 Å². The Morgan fingerprint density at radius 3 is 2.74 bits per heavy atom. The second-order valence-electron chi connectivity index (χ2n) is 4.30. The lowest BCUT2D eigenvalue weighted by atomic mass is 10.1. The lowest BCUT2D eigenvalue weighted by molar-refractivity contribution is 0.626. The first-order valence-corrected chi connectivity index (χ1v) is 6.71. The first-order valence-electron chi connectivity index (χ1n) is 5.73. The smallest absolute Gasteiger partial charge is 0.124 e. The van der Waals surface area contributed by atoms with Crippen LogP contribution in [0.2, 0.25) is 0 Å². The van der Waals surface area contributed by atoms with E-state index in [0.717, 1.165) is 16.3 Å². The van der Waals surface area contributed by atoms with Crippen molar-refractivity contribution in [3.05, 3.63) is 46.9 Å². The Morgan fingerprint density at radius 1 is 1.42 bits per heavy atom.